The Hall–Kier alpha value is -1.95. The smallest absolute Gasteiger partial charge is 0.303 e. The molecule has 2 aliphatic rings. The Morgan fingerprint density at radius 3 is 2.58 bits per heavy atom. The standard InChI is InChI=1S/C20H24F2O4/c21-17-9-13(5-6-19(23)24)10-18(22)20(17)26-12-15-11-25-8-7-16(15)14-3-1-2-4-14/h9-10,14H,1-8,11-12H2,(H,23,24). The number of carboxylic acids is 1. The lowest BCUT2D eigenvalue weighted by molar-refractivity contribution is -0.136. The molecule has 0 radical (unpaired) electrons. The summed E-state index contributed by atoms with van der Waals surface area (Å²) >= 11 is 0. The summed E-state index contributed by atoms with van der Waals surface area (Å²) in [5, 5.41) is 8.68. The first kappa shape index (κ1) is 18.8. The van der Waals surface area contributed by atoms with E-state index < -0.39 is 23.4 Å². The largest absolute Gasteiger partial charge is 0.483 e. The van der Waals surface area contributed by atoms with Crippen molar-refractivity contribution in [3.8, 4) is 5.75 Å². The monoisotopic (exact) mass is 366 g/mol. The van der Waals surface area contributed by atoms with Gasteiger partial charge in [0.05, 0.1) is 13.2 Å². The first-order valence-electron chi connectivity index (χ1n) is 9.15. The first-order valence-corrected chi connectivity index (χ1v) is 9.15. The number of ether oxygens (including phenoxy) is 2. The van der Waals surface area contributed by atoms with E-state index in [0.717, 1.165) is 24.1 Å². The maximum absolute atomic E-state index is 14.2. The van der Waals surface area contributed by atoms with Crippen LogP contribution in [0.5, 0.6) is 5.75 Å². The van der Waals surface area contributed by atoms with E-state index in [9.17, 15) is 13.6 Å². The molecular weight excluding hydrogens is 342 g/mol. The molecule has 1 aliphatic carbocycles. The van der Waals surface area contributed by atoms with E-state index in [0.29, 0.717) is 24.7 Å². The van der Waals surface area contributed by atoms with Crippen molar-refractivity contribution in [1.82, 2.24) is 0 Å². The summed E-state index contributed by atoms with van der Waals surface area (Å²) in [5.41, 5.74) is 2.64. The lowest BCUT2D eigenvalue weighted by atomic mass is 9.89. The molecule has 0 spiro atoms. The molecule has 6 heteroatoms. The number of carboxylic acid groups (broad SMARTS) is 1. The zero-order valence-electron chi connectivity index (χ0n) is 14.7. The van der Waals surface area contributed by atoms with Crippen molar-refractivity contribution in [3.63, 3.8) is 0 Å². The molecule has 0 unspecified atom stereocenters. The van der Waals surface area contributed by atoms with Gasteiger partial charge in [0.2, 0.25) is 0 Å². The number of rotatable bonds is 7. The highest BCUT2D eigenvalue weighted by Gasteiger charge is 2.25. The van der Waals surface area contributed by atoms with Crippen molar-refractivity contribution in [2.75, 3.05) is 19.8 Å². The van der Waals surface area contributed by atoms with E-state index in [-0.39, 0.29) is 19.4 Å². The third-order valence-electron chi connectivity index (χ3n) is 5.17. The Morgan fingerprint density at radius 1 is 1.23 bits per heavy atom. The first-order chi connectivity index (χ1) is 12.5. The Balaban J connectivity index is 1.70. The lowest BCUT2D eigenvalue weighted by Gasteiger charge is -2.25. The molecule has 1 aromatic carbocycles. The third kappa shape index (κ3) is 4.61. The summed E-state index contributed by atoms with van der Waals surface area (Å²) in [6.07, 6.45) is 5.55. The number of aliphatic carboxylic acids is 1. The predicted octanol–water partition coefficient (Wildman–Crippen LogP) is 4.27. The second kappa shape index (κ2) is 8.62. The van der Waals surface area contributed by atoms with E-state index in [2.05, 4.69) is 0 Å². The zero-order chi connectivity index (χ0) is 18.5. The van der Waals surface area contributed by atoms with E-state index in [1.54, 1.807) is 0 Å². The van der Waals surface area contributed by atoms with E-state index >= 15 is 0 Å². The lowest BCUT2D eigenvalue weighted by Crippen LogP contribution is -2.20. The van der Waals surface area contributed by atoms with Crippen molar-refractivity contribution in [1.29, 1.82) is 0 Å². The number of halogens is 2. The van der Waals surface area contributed by atoms with Crippen molar-refractivity contribution in [3.05, 3.63) is 40.5 Å². The van der Waals surface area contributed by atoms with Gasteiger partial charge in [-0.25, -0.2) is 8.78 Å². The molecule has 1 saturated carbocycles. The third-order valence-corrected chi connectivity index (χ3v) is 5.17. The highest BCUT2D eigenvalue weighted by Crippen LogP contribution is 2.36. The minimum Gasteiger partial charge on any atom is -0.483 e. The SMILES string of the molecule is O=C(O)CCc1cc(F)c(OCC2=C(C3CCCC3)CCOC2)c(F)c1. The van der Waals surface area contributed by atoms with Gasteiger partial charge in [0, 0.05) is 6.42 Å². The number of benzene rings is 1. The van der Waals surface area contributed by atoms with Crippen LogP contribution in [0.4, 0.5) is 8.78 Å². The quantitative estimate of drug-likeness (QED) is 0.733. The molecule has 1 N–H and O–H groups in total. The van der Waals surface area contributed by atoms with Gasteiger partial charge in [0.15, 0.2) is 17.4 Å². The van der Waals surface area contributed by atoms with Crippen LogP contribution in [-0.2, 0) is 16.0 Å². The molecule has 0 bridgehead atoms. The van der Waals surface area contributed by atoms with Crippen LogP contribution in [0.1, 0.15) is 44.1 Å². The van der Waals surface area contributed by atoms with Crippen molar-refractivity contribution in [2.24, 2.45) is 5.92 Å². The summed E-state index contributed by atoms with van der Waals surface area (Å²) in [4.78, 5) is 10.6. The fraction of sp³-hybridized carbons (Fsp3) is 0.550. The summed E-state index contributed by atoms with van der Waals surface area (Å²) in [7, 11) is 0. The van der Waals surface area contributed by atoms with Crippen molar-refractivity contribution >= 4 is 5.97 Å². The molecule has 1 heterocycles. The topological polar surface area (TPSA) is 55.8 Å². The van der Waals surface area contributed by atoms with Crippen molar-refractivity contribution in [2.45, 2.75) is 44.9 Å². The Labute approximate surface area is 151 Å². The molecular formula is C20H24F2O4. The molecule has 1 aliphatic heterocycles. The van der Waals surface area contributed by atoms with Crippen LogP contribution in [0.15, 0.2) is 23.3 Å². The molecule has 3 rings (SSSR count). The molecule has 142 valence electrons. The predicted molar refractivity (Wildman–Crippen MR) is 92.2 cm³/mol. The van der Waals surface area contributed by atoms with Gasteiger partial charge in [-0.05, 0) is 54.9 Å². The molecule has 4 nitrogen and oxygen atoms in total. The molecule has 1 aromatic rings. The Kier molecular flexibility index (Phi) is 6.25. The van der Waals surface area contributed by atoms with Crippen LogP contribution >= 0.6 is 0 Å². The van der Waals surface area contributed by atoms with E-state index in [1.165, 1.54) is 31.3 Å². The Bertz CT molecular complexity index is 670. The highest BCUT2D eigenvalue weighted by atomic mass is 19.1. The summed E-state index contributed by atoms with van der Waals surface area (Å²) in [6, 6.07) is 2.29. The molecule has 0 atom stereocenters. The minimum atomic E-state index is -1.00. The van der Waals surface area contributed by atoms with Gasteiger partial charge < -0.3 is 14.6 Å². The fourth-order valence-electron chi connectivity index (χ4n) is 3.85. The zero-order valence-corrected chi connectivity index (χ0v) is 14.7. The molecule has 1 fully saturated rings. The summed E-state index contributed by atoms with van der Waals surface area (Å²) in [6.45, 7) is 1.26. The fourth-order valence-corrected chi connectivity index (χ4v) is 3.85. The van der Waals surface area contributed by atoms with Gasteiger partial charge in [-0.1, -0.05) is 18.4 Å². The average molecular weight is 366 g/mol. The normalized spacial score (nSPS) is 18.4. The second-order valence-corrected chi connectivity index (χ2v) is 6.98. The van der Waals surface area contributed by atoms with Gasteiger partial charge in [-0.3, -0.25) is 4.79 Å². The minimum absolute atomic E-state index is 0.0777. The van der Waals surface area contributed by atoms with Gasteiger partial charge >= 0.3 is 5.97 Å². The van der Waals surface area contributed by atoms with Gasteiger partial charge in [-0.15, -0.1) is 0 Å². The van der Waals surface area contributed by atoms with E-state index in [1.807, 2.05) is 0 Å². The van der Waals surface area contributed by atoms with Gasteiger partial charge in [-0.2, -0.15) is 0 Å². The highest BCUT2D eigenvalue weighted by molar-refractivity contribution is 5.67. The molecule has 0 amide bonds. The molecule has 0 saturated heterocycles. The Morgan fingerprint density at radius 2 is 1.92 bits per heavy atom. The number of hydrogen-bond acceptors (Lipinski definition) is 3. The van der Waals surface area contributed by atoms with Gasteiger partial charge in [0.1, 0.15) is 6.61 Å². The summed E-state index contributed by atoms with van der Waals surface area (Å²) < 4.78 is 39.4. The van der Waals surface area contributed by atoms with Gasteiger partial charge in [0.25, 0.3) is 0 Å². The maximum Gasteiger partial charge on any atom is 0.303 e. The van der Waals surface area contributed by atoms with Crippen LogP contribution in [-0.4, -0.2) is 30.9 Å². The van der Waals surface area contributed by atoms with Crippen LogP contribution in [0.2, 0.25) is 0 Å². The van der Waals surface area contributed by atoms with Crippen LogP contribution < -0.4 is 4.74 Å². The van der Waals surface area contributed by atoms with Crippen LogP contribution in [0.3, 0.4) is 0 Å². The second-order valence-electron chi connectivity index (χ2n) is 6.98. The number of aryl methyl sites for hydroxylation is 1. The molecule has 0 aromatic heterocycles. The van der Waals surface area contributed by atoms with Crippen molar-refractivity contribution < 1.29 is 28.2 Å². The van der Waals surface area contributed by atoms with E-state index in [4.69, 9.17) is 14.6 Å². The number of hydrogen-bond donors (Lipinski definition) is 1. The molecule has 26 heavy (non-hydrogen) atoms. The average Bonchev–Trinajstić information content (AvgIpc) is 3.14. The van der Waals surface area contributed by atoms with Crippen LogP contribution in [0, 0.1) is 17.6 Å². The number of carbonyl (C=O) groups is 1. The summed E-state index contributed by atoms with van der Waals surface area (Å²) in [5.74, 6) is -2.47. The van der Waals surface area contributed by atoms with Crippen LogP contribution in [0.25, 0.3) is 0 Å². The maximum atomic E-state index is 14.2.